The number of hydrogen-bond donors (Lipinski definition) is 2. The third-order valence-corrected chi connectivity index (χ3v) is 4.91. The molecular formula is C13H15NO3S2. The lowest BCUT2D eigenvalue weighted by Crippen LogP contribution is -2.31. The molecule has 6 heteroatoms. The van der Waals surface area contributed by atoms with Gasteiger partial charge in [0, 0.05) is 22.9 Å². The summed E-state index contributed by atoms with van der Waals surface area (Å²) >= 11 is 3.02. The van der Waals surface area contributed by atoms with Gasteiger partial charge in [-0.1, -0.05) is 18.2 Å². The SMILES string of the molecule is O=C(O)CSCCNC(=O)C1CSc2ccccc21. The number of carbonyl (C=O) groups excluding carboxylic acids is 1. The van der Waals surface area contributed by atoms with E-state index in [0.29, 0.717) is 12.3 Å². The minimum absolute atomic E-state index is 0.0355. The number of hydrogen-bond acceptors (Lipinski definition) is 4. The zero-order valence-corrected chi connectivity index (χ0v) is 11.9. The Morgan fingerprint density at radius 3 is 3.00 bits per heavy atom. The Balaban J connectivity index is 1.77. The van der Waals surface area contributed by atoms with Crippen LogP contribution in [-0.4, -0.2) is 40.8 Å². The first-order valence-corrected chi connectivity index (χ1v) is 8.11. The molecule has 2 rings (SSSR count). The molecule has 19 heavy (non-hydrogen) atoms. The third kappa shape index (κ3) is 3.91. The Morgan fingerprint density at radius 2 is 2.21 bits per heavy atom. The summed E-state index contributed by atoms with van der Waals surface area (Å²) in [4.78, 5) is 23.6. The fourth-order valence-electron chi connectivity index (χ4n) is 1.91. The first kappa shape index (κ1) is 14.3. The minimum atomic E-state index is -0.822. The van der Waals surface area contributed by atoms with E-state index < -0.39 is 5.97 Å². The normalized spacial score (nSPS) is 16.9. The highest BCUT2D eigenvalue weighted by molar-refractivity contribution is 8.00. The van der Waals surface area contributed by atoms with Crippen molar-refractivity contribution in [3.05, 3.63) is 29.8 Å². The molecule has 1 unspecified atom stereocenters. The van der Waals surface area contributed by atoms with Crippen LogP contribution < -0.4 is 5.32 Å². The largest absolute Gasteiger partial charge is 0.481 e. The number of benzene rings is 1. The van der Waals surface area contributed by atoms with Gasteiger partial charge in [-0.05, 0) is 11.6 Å². The van der Waals surface area contributed by atoms with Gasteiger partial charge in [0.05, 0.1) is 11.7 Å². The summed E-state index contributed by atoms with van der Waals surface area (Å²) < 4.78 is 0. The number of nitrogens with one attached hydrogen (secondary N) is 1. The van der Waals surface area contributed by atoms with Crippen LogP contribution in [0.2, 0.25) is 0 Å². The maximum absolute atomic E-state index is 12.1. The second-order valence-corrected chi connectivity index (χ2v) is 6.31. The highest BCUT2D eigenvalue weighted by Crippen LogP contribution is 2.39. The van der Waals surface area contributed by atoms with Crippen LogP contribution in [-0.2, 0) is 9.59 Å². The minimum Gasteiger partial charge on any atom is -0.481 e. The first-order valence-electron chi connectivity index (χ1n) is 5.97. The molecule has 0 spiro atoms. The molecule has 0 saturated heterocycles. The summed E-state index contributed by atoms with van der Waals surface area (Å²) in [6, 6.07) is 7.97. The zero-order valence-electron chi connectivity index (χ0n) is 10.3. The van der Waals surface area contributed by atoms with Crippen molar-refractivity contribution < 1.29 is 14.7 Å². The molecule has 0 saturated carbocycles. The van der Waals surface area contributed by atoms with Crippen molar-refractivity contribution in [2.45, 2.75) is 10.8 Å². The Bertz CT molecular complexity index is 479. The second kappa shape index (κ2) is 6.86. The molecule has 102 valence electrons. The maximum Gasteiger partial charge on any atom is 0.313 e. The van der Waals surface area contributed by atoms with Gasteiger partial charge in [-0.3, -0.25) is 9.59 Å². The number of carbonyl (C=O) groups is 2. The van der Waals surface area contributed by atoms with Crippen molar-refractivity contribution in [1.82, 2.24) is 5.32 Å². The van der Waals surface area contributed by atoms with Crippen LogP contribution in [0.25, 0.3) is 0 Å². The summed E-state index contributed by atoms with van der Waals surface area (Å²) in [5.74, 6) is 0.627. The molecule has 0 aliphatic carbocycles. The fourth-order valence-corrected chi connectivity index (χ4v) is 3.70. The number of carboxylic acids is 1. The van der Waals surface area contributed by atoms with Gasteiger partial charge in [-0.15, -0.1) is 23.5 Å². The fraction of sp³-hybridized carbons (Fsp3) is 0.385. The van der Waals surface area contributed by atoms with Gasteiger partial charge in [0.1, 0.15) is 0 Å². The quantitative estimate of drug-likeness (QED) is 0.784. The van der Waals surface area contributed by atoms with Crippen molar-refractivity contribution in [1.29, 1.82) is 0 Å². The molecule has 1 aromatic carbocycles. The Kier molecular flexibility index (Phi) is 5.15. The van der Waals surface area contributed by atoms with E-state index in [4.69, 9.17) is 5.11 Å². The van der Waals surface area contributed by atoms with Crippen molar-refractivity contribution in [3.8, 4) is 0 Å². The average molecular weight is 297 g/mol. The molecule has 1 aromatic rings. The van der Waals surface area contributed by atoms with Gasteiger partial charge in [-0.25, -0.2) is 0 Å². The molecule has 4 nitrogen and oxygen atoms in total. The van der Waals surface area contributed by atoms with Crippen LogP contribution >= 0.6 is 23.5 Å². The number of fused-ring (bicyclic) bond motifs is 1. The lowest BCUT2D eigenvalue weighted by molar-refractivity contribution is -0.133. The first-order chi connectivity index (χ1) is 9.18. The predicted octanol–water partition coefficient (Wildman–Crippen LogP) is 1.81. The van der Waals surface area contributed by atoms with E-state index in [9.17, 15) is 9.59 Å². The third-order valence-electron chi connectivity index (χ3n) is 2.79. The molecule has 0 aromatic heterocycles. The number of amides is 1. The van der Waals surface area contributed by atoms with E-state index in [1.54, 1.807) is 11.8 Å². The van der Waals surface area contributed by atoms with E-state index >= 15 is 0 Å². The molecule has 1 aliphatic heterocycles. The van der Waals surface area contributed by atoms with Crippen LogP contribution in [0.4, 0.5) is 0 Å². The smallest absolute Gasteiger partial charge is 0.313 e. The number of thioether (sulfide) groups is 2. The van der Waals surface area contributed by atoms with Crippen LogP contribution in [0.1, 0.15) is 11.5 Å². The molecule has 1 amide bonds. The zero-order chi connectivity index (χ0) is 13.7. The number of carboxylic acid groups (broad SMARTS) is 1. The highest BCUT2D eigenvalue weighted by atomic mass is 32.2. The number of rotatable bonds is 6. The summed E-state index contributed by atoms with van der Waals surface area (Å²) in [7, 11) is 0. The molecule has 0 bridgehead atoms. The average Bonchev–Trinajstić information content (AvgIpc) is 2.81. The summed E-state index contributed by atoms with van der Waals surface area (Å²) in [6.45, 7) is 0.514. The number of aliphatic carboxylic acids is 1. The maximum atomic E-state index is 12.1. The van der Waals surface area contributed by atoms with Gasteiger partial charge in [-0.2, -0.15) is 0 Å². The van der Waals surface area contributed by atoms with E-state index in [1.807, 2.05) is 24.3 Å². The molecule has 1 heterocycles. The topological polar surface area (TPSA) is 66.4 Å². The monoisotopic (exact) mass is 297 g/mol. The van der Waals surface area contributed by atoms with Crippen LogP contribution in [0.5, 0.6) is 0 Å². The van der Waals surface area contributed by atoms with Crippen LogP contribution in [0, 0.1) is 0 Å². The lowest BCUT2D eigenvalue weighted by atomic mass is 10.0. The molecular weight excluding hydrogens is 282 g/mol. The standard InChI is InChI=1S/C13H15NO3S2/c15-12(16)8-18-6-5-14-13(17)10-7-19-11-4-2-1-3-9(10)11/h1-4,10H,5-8H2,(H,14,17)(H,15,16). The van der Waals surface area contributed by atoms with Crippen molar-refractivity contribution in [3.63, 3.8) is 0 Å². The Morgan fingerprint density at radius 1 is 1.42 bits per heavy atom. The van der Waals surface area contributed by atoms with Gasteiger partial charge in [0.25, 0.3) is 0 Å². The predicted molar refractivity (Wildman–Crippen MR) is 77.9 cm³/mol. The van der Waals surface area contributed by atoms with E-state index in [0.717, 1.165) is 11.3 Å². The van der Waals surface area contributed by atoms with E-state index in [-0.39, 0.29) is 17.6 Å². The lowest BCUT2D eigenvalue weighted by Gasteiger charge is -2.11. The molecule has 0 radical (unpaired) electrons. The van der Waals surface area contributed by atoms with Gasteiger partial charge in [0.2, 0.25) is 5.91 Å². The van der Waals surface area contributed by atoms with Crippen LogP contribution in [0.15, 0.2) is 29.2 Å². The summed E-state index contributed by atoms with van der Waals surface area (Å²) in [5.41, 5.74) is 1.10. The highest BCUT2D eigenvalue weighted by Gasteiger charge is 2.28. The van der Waals surface area contributed by atoms with Crippen molar-refractivity contribution >= 4 is 35.4 Å². The van der Waals surface area contributed by atoms with E-state index in [2.05, 4.69) is 5.32 Å². The van der Waals surface area contributed by atoms with Crippen molar-refractivity contribution in [2.75, 3.05) is 23.8 Å². The molecule has 1 aliphatic rings. The Hall–Kier alpha value is -1.14. The van der Waals surface area contributed by atoms with Gasteiger partial charge >= 0.3 is 5.97 Å². The molecule has 0 fully saturated rings. The molecule has 1 atom stereocenters. The summed E-state index contributed by atoms with van der Waals surface area (Å²) in [6.07, 6.45) is 0. The summed E-state index contributed by atoms with van der Waals surface area (Å²) in [5, 5.41) is 11.4. The van der Waals surface area contributed by atoms with E-state index in [1.165, 1.54) is 16.7 Å². The van der Waals surface area contributed by atoms with Gasteiger partial charge < -0.3 is 10.4 Å². The molecule has 2 N–H and O–H groups in total. The Labute approximate surface area is 120 Å². The second-order valence-electron chi connectivity index (χ2n) is 4.14. The van der Waals surface area contributed by atoms with Crippen molar-refractivity contribution in [2.24, 2.45) is 0 Å². The van der Waals surface area contributed by atoms with Crippen LogP contribution in [0.3, 0.4) is 0 Å². The van der Waals surface area contributed by atoms with Gasteiger partial charge in [0.15, 0.2) is 0 Å².